The van der Waals surface area contributed by atoms with Gasteiger partial charge in [0.15, 0.2) is 0 Å². The van der Waals surface area contributed by atoms with E-state index in [4.69, 9.17) is 10.5 Å². The topological polar surface area (TPSA) is 61.1 Å². The van der Waals surface area contributed by atoms with Crippen LogP contribution in [0.15, 0.2) is 12.1 Å². The third-order valence-corrected chi connectivity index (χ3v) is 1.99. The first-order valence-electron chi connectivity index (χ1n) is 4.16. The number of benzene rings is 1. The lowest BCUT2D eigenvalue weighted by molar-refractivity contribution is 0.0696. The Labute approximate surface area is 80.7 Å². The molecule has 2 N–H and O–H groups in total. The number of hydrogen-bond donors (Lipinski definition) is 2. The van der Waals surface area contributed by atoms with Crippen molar-refractivity contribution in [2.45, 2.75) is 13.3 Å². The molecule has 74 valence electrons. The van der Waals surface area contributed by atoms with Gasteiger partial charge in [-0.25, -0.2) is 9.18 Å². The van der Waals surface area contributed by atoms with E-state index in [1.54, 1.807) is 6.92 Å². The van der Waals surface area contributed by atoms with E-state index in [1.807, 2.05) is 0 Å². The maximum atomic E-state index is 13.2. The van der Waals surface area contributed by atoms with Crippen LogP contribution in [0.4, 0.5) is 4.39 Å². The van der Waals surface area contributed by atoms with Crippen LogP contribution in [-0.4, -0.2) is 17.3 Å². The molecule has 0 fully saturated rings. The van der Waals surface area contributed by atoms with Crippen LogP contribution in [0.2, 0.25) is 0 Å². The summed E-state index contributed by atoms with van der Waals surface area (Å²) in [7, 11) is 0. The number of aromatic carboxylic acids is 1. The Morgan fingerprint density at radius 1 is 1.64 bits per heavy atom. The zero-order chi connectivity index (χ0) is 10.7. The standard InChI is InChI=1S/C10H10FNO2/c1-2-6-3-8(10(13)14)7(5-12)4-9(6)11/h3-5,12H,2H2,1H3,(H,13,14). The molecule has 0 bridgehead atoms. The van der Waals surface area contributed by atoms with Crippen LogP contribution in [0.1, 0.15) is 28.4 Å². The molecule has 0 spiro atoms. The number of halogens is 1. The Morgan fingerprint density at radius 3 is 2.71 bits per heavy atom. The van der Waals surface area contributed by atoms with E-state index in [-0.39, 0.29) is 11.1 Å². The SMILES string of the molecule is CCc1cc(C(=O)O)c(C=N)cc1F. The van der Waals surface area contributed by atoms with Crippen molar-refractivity contribution in [1.29, 1.82) is 5.41 Å². The smallest absolute Gasteiger partial charge is 0.336 e. The van der Waals surface area contributed by atoms with Crippen LogP contribution >= 0.6 is 0 Å². The molecule has 1 aromatic carbocycles. The van der Waals surface area contributed by atoms with Gasteiger partial charge in [-0.2, -0.15) is 0 Å². The summed E-state index contributed by atoms with van der Waals surface area (Å²) in [5.41, 5.74) is 0.415. The fraction of sp³-hybridized carbons (Fsp3) is 0.200. The van der Waals surface area contributed by atoms with E-state index in [0.717, 1.165) is 12.3 Å². The minimum Gasteiger partial charge on any atom is -0.478 e. The molecular weight excluding hydrogens is 185 g/mol. The van der Waals surface area contributed by atoms with E-state index in [0.29, 0.717) is 12.0 Å². The Hall–Kier alpha value is -1.71. The monoisotopic (exact) mass is 195 g/mol. The number of rotatable bonds is 3. The van der Waals surface area contributed by atoms with Crippen molar-refractivity contribution < 1.29 is 14.3 Å². The van der Waals surface area contributed by atoms with Crippen LogP contribution in [0.25, 0.3) is 0 Å². The lowest BCUT2D eigenvalue weighted by Crippen LogP contribution is -2.04. The summed E-state index contributed by atoms with van der Waals surface area (Å²) in [6.07, 6.45) is 1.27. The van der Waals surface area contributed by atoms with E-state index >= 15 is 0 Å². The molecule has 0 atom stereocenters. The summed E-state index contributed by atoms with van der Waals surface area (Å²) in [6.45, 7) is 1.74. The summed E-state index contributed by atoms with van der Waals surface area (Å²) in [5, 5.41) is 15.7. The Morgan fingerprint density at radius 2 is 2.29 bits per heavy atom. The van der Waals surface area contributed by atoms with Gasteiger partial charge >= 0.3 is 5.97 Å². The first kappa shape index (κ1) is 10.4. The minimum atomic E-state index is -1.14. The molecule has 0 unspecified atom stereocenters. The van der Waals surface area contributed by atoms with E-state index < -0.39 is 11.8 Å². The maximum absolute atomic E-state index is 13.2. The average Bonchev–Trinajstić information content (AvgIpc) is 2.16. The number of carboxylic acids is 1. The highest BCUT2D eigenvalue weighted by Gasteiger charge is 2.12. The van der Waals surface area contributed by atoms with Crippen molar-refractivity contribution in [2.75, 3.05) is 0 Å². The quantitative estimate of drug-likeness (QED) is 0.725. The maximum Gasteiger partial charge on any atom is 0.336 e. The number of nitrogens with one attached hydrogen (secondary N) is 1. The van der Waals surface area contributed by atoms with Crippen LogP contribution in [0, 0.1) is 11.2 Å². The molecule has 0 aliphatic heterocycles. The van der Waals surface area contributed by atoms with E-state index in [1.165, 1.54) is 6.07 Å². The second-order valence-corrected chi connectivity index (χ2v) is 2.83. The summed E-state index contributed by atoms with van der Waals surface area (Å²) >= 11 is 0. The fourth-order valence-corrected chi connectivity index (χ4v) is 1.21. The van der Waals surface area contributed by atoms with Crippen molar-refractivity contribution >= 4 is 12.2 Å². The Kier molecular flexibility index (Phi) is 2.96. The van der Waals surface area contributed by atoms with Crippen molar-refractivity contribution in [3.8, 4) is 0 Å². The largest absolute Gasteiger partial charge is 0.478 e. The van der Waals surface area contributed by atoms with Gasteiger partial charge in [0.2, 0.25) is 0 Å². The van der Waals surface area contributed by atoms with Gasteiger partial charge in [0.25, 0.3) is 0 Å². The number of aryl methyl sites for hydroxylation is 1. The van der Waals surface area contributed by atoms with Gasteiger partial charge in [0.1, 0.15) is 5.82 Å². The molecule has 0 saturated carbocycles. The van der Waals surface area contributed by atoms with Gasteiger partial charge in [-0.15, -0.1) is 0 Å². The minimum absolute atomic E-state index is 0.0294. The first-order valence-corrected chi connectivity index (χ1v) is 4.16. The zero-order valence-corrected chi connectivity index (χ0v) is 7.67. The summed E-state index contributed by atoms with van der Waals surface area (Å²) < 4.78 is 13.2. The lowest BCUT2D eigenvalue weighted by Gasteiger charge is -2.04. The molecule has 0 saturated heterocycles. The molecule has 0 heterocycles. The molecule has 0 aliphatic rings. The average molecular weight is 195 g/mol. The molecule has 14 heavy (non-hydrogen) atoms. The normalized spacial score (nSPS) is 9.86. The first-order chi connectivity index (χ1) is 6.60. The van der Waals surface area contributed by atoms with Crippen molar-refractivity contribution in [2.24, 2.45) is 0 Å². The van der Waals surface area contributed by atoms with Crippen LogP contribution in [0.5, 0.6) is 0 Å². The summed E-state index contributed by atoms with van der Waals surface area (Å²) in [5.74, 6) is -1.60. The second kappa shape index (κ2) is 4.00. The molecule has 1 aromatic rings. The van der Waals surface area contributed by atoms with Crippen molar-refractivity contribution in [3.05, 3.63) is 34.6 Å². The lowest BCUT2D eigenvalue weighted by atomic mass is 10.0. The van der Waals surface area contributed by atoms with Crippen molar-refractivity contribution in [1.82, 2.24) is 0 Å². The van der Waals surface area contributed by atoms with Gasteiger partial charge in [-0.3, -0.25) is 0 Å². The summed E-state index contributed by atoms with van der Waals surface area (Å²) in [4.78, 5) is 10.7. The number of hydrogen-bond acceptors (Lipinski definition) is 2. The molecular formula is C10H10FNO2. The zero-order valence-electron chi connectivity index (χ0n) is 7.67. The highest BCUT2D eigenvalue weighted by Crippen LogP contribution is 2.15. The molecule has 3 nitrogen and oxygen atoms in total. The van der Waals surface area contributed by atoms with Gasteiger partial charge in [-0.05, 0) is 24.1 Å². The molecule has 0 amide bonds. The third-order valence-electron chi connectivity index (χ3n) is 1.99. The van der Waals surface area contributed by atoms with E-state index in [2.05, 4.69) is 0 Å². The highest BCUT2D eigenvalue weighted by molar-refractivity contribution is 5.97. The predicted molar refractivity (Wildman–Crippen MR) is 50.6 cm³/mol. The van der Waals surface area contributed by atoms with Crippen LogP contribution < -0.4 is 0 Å². The molecule has 4 heteroatoms. The van der Waals surface area contributed by atoms with E-state index in [9.17, 15) is 9.18 Å². The van der Waals surface area contributed by atoms with Gasteiger partial charge in [0.05, 0.1) is 5.56 Å². The predicted octanol–water partition coefficient (Wildman–Crippen LogP) is 2.08. The Bertz CT molecular complexity index is 388. The van der Waals surface area contributed by atoms with Crippen LogP contribution in [-0.2, 0) is 6.42 Å². The molecule has 0 aromatic heterocycles. The highest BCUT2D eigenvalue weighted by atomic mass is 19.1. The fourth-order valence-electron chi connectivity index (χ4n) is 1.21. The Balaban J connectivity index is 3.39. The number of carbonyl (C=O) groups is 1. The molecule has 0 aliphatic carbocycles. The number of carboxylic acid groups (broad SMARTS) is 1. The third kappa shape index (κ3) is 1.79. The van der Waals surface area contributed by atoms with Gasteiger partial charge < -0.3 is 10.5 Å². The molecule has 0 radical (unpaired) electrons. The second-order valence-electron chi connectivity index (χ2n) is 2.83. The van der Waals surface area contributed by atoms with Gasteiger partial charge in [0, 0.05) is 11.8 Å². The van der Waals surface area contributed by atoms with Crippen molar-refractivity contribution in [3.63, 3.8) is 0 Å². The van der Waals surface area contributed by atoms with Crippen LogP contribution in [0.3, 0.4) is 0 Å². The van der Waals surface area contributed by atoms with Gasteiger partial charge in [-0.1, -0.05) is 6.92 Å². The summed E-state index contributed by atoms with van der Waals surface area (Å²) in [6, 6.07) is 2.35. The molecule has 1 rings (SSSR count).